The molecule has 0 amide bonds. The monoisotopic (exact) mass is 237 g/mol. The molecule has 1 aromatic carbocycles. The predicted octanol–water partition coefficient (Wildman–Crippen LogP) is 0.890. The Morgan fingerprint density at radius 3 is 2.88 bits per heavy atom. The fourth-order valence-corrected chi connectivity index (χ4v) is 1.44. The van der Waals surface area contributed by atoms with Crippen LogP contribution in [0, 0.1) is 10.1 Å². The Bertz CT molecular complexity index is 553. The molecule has 0 aliphatic carbocycles. The van der Waals surface area contributed by atoms with Crippen LogP contribution in [0.3, 0.4) is 0 Å². The van der Waals surface area contributed by atoms with Crippen molar-refractivity contribution in [2.24, 2.45) is 5.73 Å². The first-order chi connectivity index (χ1) is 8.13. The number of anilines is 1. The number of rotatable bonds is 4. The first-order valence-electron chi connectivity index (χ1n) is 4.99. The van der Waals surface area contributed by atoms with E-state index >= 15 is 0 Å². The molecule has 0 aliphatic heterocycles. The first kappa shape index (κ1) is 11.3. The van der Waals surface area contributed by atoms with Gasteiger partial charge in [-0.1, -0.05) is 0 Å². The van der Waals surface area contributed by atoms with Crippen LogP contribution >= 0.6 is 0 Å². The molecule has 17 heavy (non-hydrogen) atoms. The third kappa shape index (κ3) is 2.02. The number of nitrogens with one attached hydrogen (secondary N) is 1. The molecule has 8 nitrogen and oxygen atoms in total. The summed E-state index contributed by atoms with van der Waals surface area (Å²) in [5.74, 6) is 0. The van der Waals surface area contributed by atoms with Gasteiger partial charge in [-0.25, -0.2) is 4.63 Å². The molecule has 8 heteroatoms. The summed E-state index contributed by atoms with van der Waals surface area (Å²) in [6, 6.07) is 2.95. The van der Waals surface area contributed by atoms with Crippen LogP contribution in [0.1, 0.15) is 6.92 Å². The lowest BCUT2D eigenvalue weighted by atomic mass is 10.2. The molecule has 1 unspecified atom stereocenters. The first-order valence-corrected chi connectivity index (χ1v) is 4.99. The van der Waals surface area contributed by atoms with Crippen LogP contribution in [0.2, 0.25) is 0 Å². The number of fused-ring (bicyclic) bond motifs is 1. The quantitative estimate of drug-likeness (QED) is 0.598. The molecular formula is C9H11N5O3. The largest absolute Gasteiger partial charge is 0.379 e. The van der Waals surface area contributed by atoms with Crippen molar-refractivity contribution in [2.75, 3.05) is 11.9 Å². The summed E-state index contributed by atoms with van der Waals surface area (Å²) >= 11 is 0. The maximum absolute atomic E-state index is 10.8. The molecule has 2 aromatic rings. The van der Waals surface area contributed by atoms with Crippen molar-refractivity contribution in [3.8, 4) is 0 Å². The van der Waals surface area contributed by atoms with Crippen molar-refractivity contribution >= 4 is 22.4 Å². The molecule has 0 saturated carbocycles. The Morgan fingerprint density at radius 1 is 1.53 bits per heavy atom. The predicted molar refractivity (Wildman–Crippen MR) is 60.6 cm³/mol. The van der Waals surface area contributed by atoms with Gasteiger partial charge in [-0.05, 0) is 23.3 Å². The second-order valence-corrected chi connectivity index (χ2v) is 3.63. The normalized spacial score (nSPS) is 12.6. The smallest absolute Gasteiger partial charge is 0.300 e. The molecule has 0 spiro atoms. The number of nitro benzene ring substituents is 1. The van der Waals surface area contributed by atoms with Crippen LogP contribution in [-0.2, 0) is 0 Å². The van der Waals surface area contributed by atoms with Gasteiger partial charge in [0.1, 0.15) is 0 Å². The van der Waals surface area contributed by atoms with Crippen LogP contribution in [0.4, 0.5) is 11.4 Å². The van der Waals surface area contributed by atoms with E-state index in [1.807, 2.05) is 6.92 Å². The Balaban J connectivity index is 2.49. The van der Waals surface area contributed by atoms with Gasteiger partial charge in [-0.2, -0.15) is 0 Å². The highest BCUT2D eigenvalue weighted by Gasteiger charge is 2.19. The molecule has 0 aliphatic rings. The van der Waals surface area contributed by atoms with Crippen molar-refractivity contribution in [3.63, 3.8) is 0 Å². The van der Waals surface area contributed by atoms with Crippen LogP contribution in [0.15, 0.2) is 16.8 Å². The Morgan fingerprint density at radius 2 is 2.24 bits per heavy atom. The summed E-state index contributed by atoms with van der Waals surface area (Å²) in [6.07, 6.45) is 0. The minimum atomic E-state index is -0.525. The van der Waals surface area contributed by atoms with Crippen molar-refractivity contribution in [2.45, 2.75) is 13.0 Å². The number of hydrogen-bond donors (Lipinski definition) is 2. The third-order valence-electron chi connectivity index (χ3n) is 2.35. The average Bonchev–Trinajstić information content (AvgIpc) is 2.77. The molecule has 3 N–H and O–H groups in total. The topological polar surface area (TPSA) is 120 Å². The molecule has 90 valence electrons. The Labute approximate surface area is 95.9 Å². The number of aromatic nitrogens is 2. The van der Waals surface area contributed by atoms with Crippen LogP contribution in [-0.4, -0.2) is 27.8 Å². The van der Waals surface area contributed by atoms with Crippen LogP contribution < -0.4 is 11.1 Å². The molecule has 1 heterocycles. The maximum atomic E-state index is 10.8. The number of nitrogens with two attached hydrogens (primary N) is 1. The third-order valence-corrected chi connectivity index (χ3v) is 2.35. The second-order valence-electron chi connectivity index (χ2n) is 3.63. The standard InChI is InChI=1S/C9H11N5O3/c1-5(4-10)11-6-2-3-7(14(15)16)9-8(6)12-17-13-9/h2-3,5,11H,4,10H2,1H3. The van der Waals surface area contributed by atoms with Gasteiger partial charge < -0.3 is 11.1 Å². The van der Waals surface area contributed by atoms with E-state index in [9.17, 15) is 10.1 Å². The molecule has 2 rings (SSSR count). The average molecular weight is 237 g/mol. The lowest BCUT2D eigenvalue weighted by molar-refractivity contribution is -0.383. The summed E-state index contributed by atoms with van der Waals surface area (Å²) < 4.78 is 4.54. The Kier molecular flexibility index (Phi) is 2.88. The highest BCUT2D eigenvalue weighted by atomic mass is 16.6. The fourth-order valence-electron chi connectivity index (χ4n) is 1.44. The van der Waals surface area contributed by atoms with Crippen LogP contribution in [0.5, 0.6) is 0 Å². The molecular weight excluding hydrogens is 226 g/mol. The lowest BCUT2D eigenvalue weighted by Gasteiger charge is -2.12. The number of nitro groups is 1. The highest BCUT2D eigenvalue weighted by Crippen LogP contribution is 2.28. The summed E-state index contributed by atoms with van der Waals surface area (Å²) in [5, 5.41) is 21.0. The van der Waals surface area contributed by atoms with Gasteiger partial charge in [0.2, 0.25) is 5.52 Å². The number of nitrogens with zero attached hydrogens (tertiary/aromatic N) is 3. The molecule has 0 fully saturated rings. The molecule has 1 atom stereocenters. The molecule has 1 aromatic heterocycles. The van der Waals surface area contributed by atoms with E-state index in [0.717, 1.165) is 0 Å². The number of benzene rings is 1. The van der Waals surface area contributed by atoms with E-state index in [-0.39, 0.29) is 17.2 Å². The zero-order valence-electron chi connectivity index (χ0n) is 9.08. The van der Waals surface area contributed by atoms with Crippen molar-refractivity contribution < 1.29 is 9.55 Å². The van der Waals surface area contributed by atoms with Crippen molar-refractivity contribution in [1.82, 2.24) is 10.3 Å². The minimum Gasteiger partial charge on any atom is -0.379 e. The summed E-state index contributed by atoms with van der Waals surface area (Å²) in [5.41, 5.74) is 6.43. The maximum Gasteiger partial charge on any atom is 0.300 e. The molecule has 0 radical (unpaired) electrons. The second kappa shape index (κ2) is 4.34. The fraction of sp³-hybridized carbons (Fsp3) is 0.333. The van der Waals surface area contributed by atoms with Gasteiger partial charge in [-0.3, -0.25) is 10.1 Å². The van der Waals surface area contributed by atoms with Crippen LogP contribution in [0.25, 0.3) is 11.0 Å². The van der Waals surface area contributed by atoms with Gasteiger partial charge in [0.05, 0.1) is 10.6 Å². The van der Waals surface area contributed by atoms with E-state index in [0.29, 0.717) is 17.7 Å². The molecule has 0 saturated heterocycles. The van der Waals surface area contributed by atoms with E-state index in [2.05, 4.69) is 20.3 Å². The SMILES string of the molecule is CC(CN)Nc1ccc([N+](=O)[O-])c2nonc12. The van der Waals surface area contributed by atoms with Crippen molar-refractivity contribution in [1.29, 1.82) is 0 Å². The minimum absolute atomic E-state index is 0.0244. The summed E-state index contributed by atoms with van der Waals surface area (Å²) in [7, 11) is 0. The Hall–Kier alpha value is -2.22. The van der Waals surface area contributed by atoms with E-state index in [1.165, 1.54) is 6.07 Å². The van der Waals surface area contributed by atoms with E-state index < -0.39 is 4.92 Å². The van der Waals surface area contributed by atoms with E-state index in [1.54, 1.807) is 6.07 Å². The van der Waals surface area contributed by atoms with Gasteiger partial charge in [0.25, 0.3) is 0 Å². The van der Waals surface area contributed by atoms with Gasteiger partial charge in [0, 0.05) is 18.7 Å². The molecule has 0 bridgehead atoms. The van der Waals surface area contributed by atoms with Gasteiger partial charge >= 0.3 is 5.69 Å². The number of hydrogen-bond acceptors (Lipinski definition) is 7. The lowest BCUT2D eigenvalue weighted by Crippen LogP contribution is -2.25. The van der Waals surface area contributed by atoms with Gasteiger partial charge in [-0.15, -0.1) is 0 Å². The number of non-ortho nitro benzene ring substituents is 1. The van der Waals surface area contributed by atoms with Gasteiger partial charge in [0.15, 0.2) is 5.52 Å². The zero-order chi connectivity index (χ0) is 12.4. The zero-order valence-corrected chi connectivity index (χ0v) is 9.08. The van der Waals surface area contributed by atoms with E-state index in [4.69, 9.17) is 5.73 Å². The summed E-state index contributed by atoms with van der Waals surface area (Å²) in [6.45, 7) is 2.32. The highest BCUT2D eigenvalue weighted by molar-refractivity contribution is 5.93. The summed E-state index contributed by atoms with van der Waals surface area (Å²) in [4.78, 5) is 10.2. The van der Waals surface area contributed by atoms with Crippen molar-refractivity contribution in [3.05, 3.63) is 22.2 Å².